The first-order valence-corrected chi connectivity index (χ1v) is 9.07. The van der Waals surface area contributed by atoms with Crippen LogP contribution >= 0.6 is 0 Å². The molecule has 0 aliphatic heterocycles. The van der Waals surface area contributed by atoms with Crippen molar-refractivity contribution in [3.05, 3.63) is 106 Å². The second-order valence-corrected chi connectivity index (χ2v) is 6.51. The van der Waals surface area contributed by atoms with Gasteiger partial charge in [-0.1, -0.05) is 12.1 Å². The van der Waals surface area contributed by atoms with Gasteiger partial charge in [-0.2, -0.15) is 0 Å². The summed E-state index contributed by atoms with van der Waals surface area (Å²) in [5, 5.41) is 0. The second-order valence-electron chi connectivity index (χ2n) is 6.51. The number of halogens is 1. The van der Waals surface area contributed by atoms with Gasteiger partial charge in [0, 0.05) is 11.1 Å². The molecule has 0 radical (unpaired) electrons. The Kier molecular flexibility index (Phi) is 5.17. The Balaban J connectivity index is 1.48. The summed E-state index contributed by atoms with van der Waals surface area (Å²) >= 11 is 0. The summed E-state index contributed by atoms with van der Waals surface area (Å²) < 4.78 is 19.6. The lowest BCUT2D eigenvalue weighted by Gasteiger charge is -2.09. The molecule has 6 nitrogen and oxygen atoms in total. The molecule has 0 atom stereocenters. The zero-order chi connectivity index (χ0) is 21.1. The molecule has 4 aromatic rings. The standard InChI is InChI=1S/C23H15FN2O4/c24-17-9-5-15(6-10-17)23(29)16-7-11-18(12-8-16)30-22(28)14-26-20-4-2-1-3-19(20)25-13-21(26)27/h1-13H,14H2. The molecule has 0 saturated carbocycles. The topological polar surface area (TPSA) is 78.3 Å². The highest BCUT2D eigenvalue weighted by atomic mass is 19.1. The summed E-state index contributed by atoms with van der Waals surface area (Å²) in [5.74, 6) is -1.09. The van der Waals surface area contributed by atoms with Crippen molar-refractivity contribution < 1.29 is 18.7 Å². The molecule has 7 heteroatoms. The maximum absolute atomic E-state index is 13.0. The molecule has 0 aliphatic carbocycles. The minimum atomic E-state index is -0.633. The Morgan fingerprint density at radius 3 is 2.23 bits per heavy atom. The summed E-state index contributed by atoms with van der Waals surface area (Å²) in [5.41, 5.74) is 1.43. The van der Waals surface area contributed by atoms with Gasteiger partial charge in [-0.25, -0.2) is 14.2 Å². The molecule has 1 aromatic heterocycles. The van der Waals surface area contributed by atoms with E-state index in [2.05, 4.69) is 4.98 Å². The number of rotatable bonds is 5. The number of benzene rings is 3. The van der Waals surface area contributed by atoms with Crippen molar-refractivity contribution in [3.8, 4) is 5.75 Å². The van der Waals surface area contributed by atoms with Crippen LogP contribution in [0.3, 0.4) is 0 Å². The predicted molar refractivity (Wildman–Crippen MR) is 108 cm³/mol. The van der Waals surface area contributed by atoms with Crippen molar-refractivity contribution >= 4 is 22.8 Å². The molecule has 0 spiro atoms. The highest BCUT2D eigenvalue weighted by Crippen LogP contribution is 2.17. The van der Waals surface area contributed by atoms with Gasteiger partial charge in [-0.3, -0.25) is 14.2 Å². The van der Waals surface area contributed by atoms with Crippen LogP contribution in [0.15, 0.2) is 83.8 Å². The van der Waals surface area contributed by atoms with Crippen LogP contribution < -0.4 is 10.3 Å². The molecular formula is C23H15FN2O4. The number of fused-ring (bicyclic) bond motifs is 1. The Morgan fingerprint density at radius 2 is 1.53 bits per heavy atom. The van der Waals surface area contributed by atoms with Gasteiger partial charge in [0.2, 0.25) is 0 Å². The lowest BCUT2D eigenvalue weighted by atomic mass is 10.0. The van der Waals surface area contributed by atoms with Crippen LogP contribution in [-0.4, -0.2) is 21.3 Å². The van der Waals surface area contributed by atoms with Gasteiger partial charge >= 0.3 is 5.97 Å². The fourth-order valence-corrected chi connectivity index (χ4v) is 3.01. The molecule has 4 rings (SSSR count). The average molecular weight is 402 g/mol. The maximum atomic E-state index is 13.0. The van der Waals surface area contributed by atoms with Crippen LogP contribution in [0, 0.1) is 5.82 Å². The summed E-state index contributed by atoms with van der Waals surface area (Å²) in [6, 6.07) is 18.2. The molecule has 0 saturated heterocycles. The predicted octanol–water partition coefficient (Wildman–Crippen LogP) is 3.37. The Labute approximate surface area is 170 Å². The number of hydrogen-bond acceptors (Lipinski definition) is 5. The monoisotopic (exact) mass is 402 g/mol. The van der Waals surface area contributed by atoms with E-state index in [-0.39, 0.29) is 18.1 Å². The fourth-order valence-electron chi connectivity index (χ4n) is 3.01. The molecule has 30 heavy (non-hydrogen) atoms. The number of carbonyl (C=O) groups is 2. The molecule has 0 bridgehead atoms. The summed E-state index contributed by atoms with van der Waals surface area (Å²) in [4.78, 5) is 40.9. The van der Waals surface area contributed by atoms with Gasteiger partial charge in [-0.05, 0) is 60.7 Å². The van der Waals surface area contributed by atoms with Crippen molar-refractivity contribution in [2.24, 2.45) is 0 Å². The number of ketones is 1. The fraction of sp³-hybridized carbons (Fsp3) is 0.0435. The van der Waals surface area contributed by atoms with E-state index in [0.29, 0.717) is 22.2 Å². The third kappa shape index (κ3) is 4.00. The van der Waals surface area contributed by atoms with Gasteiger partial charge in [0.1, 0.15) is 18.1 Å². The smallest absolute Gasteiger partial charge is 0.331 e. The Hall–Kier alpha value is -4.13. The molecule has 0 unspecified atom stereocenters. The Morgan fingerprint density at radius 1 is 0.900 bits per heavy atom. The van der Waals surface area contributed by atoms with E-state index in [0.717, 1.165) is 6.20 Å². The lowest BCUT2D eigenvalue weighted by Crippen LogP contribution is -2.26. The zero-order valence-electron chi connectivity index (χ0n) is 15.6. The second kappa shape index (κ2) is 8.08. The van der Waals surface area contributed by atoms with E-state index in [1.54, 1.807) is 24.3 Å². The molecule has 148 valence electrons. The van der Waals surface area contributed by atoms with E-state index >= 15 is 0 Å². The first kappa shape index (κ1) is 19.2. The largest absolute Gasteiger partial charge is 0.425 e. The molecule has 0 aliphatic rings. The normalized spacial score (nSPS) is 10.7. The summed E-state index contributed by atoms with van der Waals surface area (Å²) in [6.07, 6.45) is 1.16. The molecule has 1 heterocycles. The number of nitrogens with zero attached hydrogens (tertiary/aromatic N) is 2. The minimum Gasteiger partial charge on any atom is -0.425 e. The van der Waals surface area contributed by atoms with Crippen LogP contribution in [-0.2, 0) is 11.3 Å². The highest BCUT2D eigenvalue weighted by molar-refractivity contribution is 6.09. The van der Waals surface area contributed by atoms with Gasteiger partial charge < -0.3 is 4.74 Å². The number of ether oxygens (including phenoxy) is 1. The molecule has 0 fully saturated rings. The minimum absolute atomic E-state index is 0.238. The SMILES string of the molecule is O=C(Cn1c(=O)cnc2ccccc21)Oc1ccc(C(=O)c2ccc(F)cc2)cc1. The highest BCUT2D eigenvalue weighted by Gasteiger charge is 2.13. The van der Waals surface area contributed by atoms with E-state index < -0.39 is 17.3 Å². The first-order chi connectivity index (χ1) is 14.5. The van der Waals surface area contributed by atoms with E-state index in [9.17, 15) is 18.8 Å². The van der Waals surface area contributed by atoms with E-state index in [1.807, 2.05) is 0 Å². The number of aromatic nitrogens is 2. The number of para-hydroxylation sites is 2. The average Bonchev–Trinajstić information content (AvgIpc) is 2.76. The van der Waals surface area contributed by atoms with Crippen molar-refractivity contribution in [1.82, 2.24) is 9.55 Å². The molecule has 0 N–H and O–H groups in total. The van der Waals surface area contributed by atoms with Crippen LogP contribution in [0.25, 0.3) is 11.0 Å². The number of carbonyl (C=O) groups excluding carboxylic acids is 2. The lowest BCUT2D eigenvalue weighted by molar-refractivity contribution is -0.135. The molecule has 3 aromatic carbocycles. The van der Waals surface area contributed by atoms with E-state index in [4.69, 9.17) is 4.74 Å². The van der Waals surface area contributed by atoms with Crippen LogP contribution in [0.4, 0.5) is 4.39 Å². The van der Waals surface area contributed by atoms with E-state index in [1.165, 1.54) is 53.1 Å². The zero-order valence-corrected chi connectivity index (χ0v) is 15.6. The first-order valence-electron chi connectivity index (χ1n) is 9.07. The van der Waals surface area contributed by atoms with Crippen molar-refractivity contribution in [1.29, 1.82) is 0 Å². The van der Waals surface area contributed by atoms with Crippen molar-refractivity contribution in [2.45, 2.75) is 6.54 Å². The third-order valence-electron chi connectivity index (χ3n) is 4.49. The summed E-state index contributed by atoms with van der Waals surface area (Å²) in [6.45, 7) is -0.280. The Bertz CT molecular complexity index is 1300. The molecule has 0 amide bonds. The van der Waals surface area contributed by atoms with Crippen LogP contribution in [0.2, 0.25) is 0 Å². The quantitative estimate of drug-likeness (QED) is 0.291. The van der Waals surface area contributed by atoms with Crippen LogP contribution in [0.5, 0.6) is 5.75 Å². The number of esters is 1. The van der Waals surface area contributed by atoms with Gasteiger partial charge in [0.25, 0.3) is 5.56 Å². The molecular weight excluding hydrogens is 387 g/mol. The van der Waals surface area contributed by atoms with Crippen molar-refractivity contribution in [3.63, 3.8) is 0 Å². The summed E-state index contributed by atoms with van der Waals surface area (Å²) in [7, 11) is 0. The van der Waals surface area contributed by atoms with Gasteiger partial charge in [0.05, 0.1) is 17.2 Å². The number of hydrogen-bond donors (Lipinski definition) is 0. The van der Waals surface area contributed by atoms with Gasteiger partial charge in [-0.15, -0.1) is 0 Å². The van der Waals surface area contributed by atoms with Gasteiger partial charge in [0.15, 0.2) is 5.78 Å². The maximum Gasteiger partial charge on any atom is 0.331 e. The van der Waals surface area contributed by atoms with Crippen LogP contribution in [0.1, 0.15) is 15.9 Å². The van der Waals surface area contributed by atoms with Crippen molar-refractivity contribution in [2.75, 3.05) is 0 Å². The third-order valence-corrected chi connectivity index (χ3v) is 4.49.